The fourth-order valence-corrected chi connectivity index (χ4v) is 4.32. The van der Waals surface area contributed by atoms with Gasteiger partial charge < -0.3 is 26.3 Å². The second kappa shape index (κ2) is 10.7. The van der Waals surface area contributed by atoms with E-state index in [1.165, 1.54) is 31.5 Å². The average molecular weight is 529 g/mol. The molecule has 0 bridgehead atoms. The van der Waals surface area contributed by atoms with E-state index < -0.39 is 11.8 Å². The van der Waals surface area contributed by atoms with Crippen molar-refractivity contribution in [2.45, 2.75) is 6.42 Å². The van der Waals surface area contributed by atoms with E-state index in [9.17, 15) is 9.59 Å². The minimum Gasteiger partial charge on any atom is -0.494 e. The van der Waals surface area contributed by atoms with Crippen LogP contribution in [0.5, 0.6) is 5.75 Å². The quantitative estimate of drug-likeness (QED) is 0.149. The summed E-state index contributed by atoms with van der Waals surface area (Å²) >= 11 is 19.3. The van der Waals surface area contributed by atoms with Crippen molar-refractivity contribution >= 4 is 75.3 Å². The Morgan fingerprint density at radius 2 is 1.94 bits per heavy atom. The molecule has 0 aliphatic carbocycles. The van der Waals surface area contributed by atoms with Gasteiger partial charge in [-0.1, -0.05) is 40.0 Å². The Bertz CT molecular complexity index is 1230. The molecule has 2 aromatic heterocycles. The molecule has 0 atom stereocenters. The summed E-state index contributed by atoms with van der Waals surface area (Å²) in [6, 6.07) is 5.92. The van der Waals surface area contributed by atoms with E-state index in [0.717, 1.165) is 11.3 Å². The van der Waals surface area contributed by atoms with Crippen molar-refractivity contribution < 1.29 is 19.5 Å². The second-order valence-corrected chi connectivity index (χ2v) is 8.60. The first-order chi connectivity index (χ1) is 15.7. The van der Waals surface area contributed by atoms with Crippen LogP contribution in [0.3, 0.4) is 0 Å². The third-order valence-corrected chi connectivity index (χ3v) is 6.26. The third kappa shape index (κ3) is 5.85. The molecule has 0 saturated carbocycles. The number of nitrogens with zero attached hydrogens (tertiary/aromatic N) is 2. The number of ether oxygens (including phenoxy) is 1. The number of hydrogen-bond donors (Lipinski definition) is 4. The number of halogens is 3. The van der Waals surface area contributed by atoms with Gasteiger partial charge in [0.15, 0.2) is 0 Å². The van der Waals surface area contributed by atoms with Gasteiger partial charge >= 0.3 is 0 Å². The lowest BCUT2D eigenvalue weighted by Gasteiger charge is -2.15. The van der Waals surface area contributed by atoms with Crippen LogP contribution in [0.4, 0.5) is 11.5 Å². The van der Waals surface area contributed by atoms with Crippen LogP contribution in [-0.4, -0.2) is 35.0 Å². The summed E-state index contributed by atoms with van der Waals surface area (Å²) in [7, 11) is 1.37. The van der Waals surface area contributed by atoms with Gasteiger partial charge in [-0.2, -0.15) is 0 Å². The molecule has 5 N–H and O–H groups in total. The highest BCUT2D eigenvalue weighted by Crippen LogP contribution is 2.35. The van der Waals surface area contributed by atoms with Crippen LogP contribution >= 0.6 is 46.1 Å². The zero-order valence-electron chi connectivity index (χ0n) is 16.9. The topological polar surface area (TPSA) is 139 Å². The molecule has 0 saturated heterocycles. The number of aromatic nitrogens is 1. The Labute approximate surface area is 207 Å². The first-order valence-corrected chi connectivity index (χ1v) is 11.1. The normalized spacial score (nSPS) is 11.2. The Hall–Kier alpha value is -3.05. The summed E-state index contributed by atoms with van der Waals surface area (Å²) in [6.07, 6.45) is 1.44. The van der Waals surface area contributed by atoms with Crippen LogP contribution in [-0.2, 0) is 6.42 Å². The first-order valence-electron chi connectivity index (χ1n) is 9.07. The van der Waals surface area contributed by atoms with Gasteiger partial charge in [0.1, 0.15) is 22.3 Å². The molecule has 1 aromatic carbocycles. The molecule has 0 aliphatic heterocycles. The number of methoxy groups -OCH3 is 1. The maximum atomic E-state index is 13.0. The van der Waals surface area contributed by atoms with Crippen molar-refractivity contribution in [1.29, 1.82) is 0 Å². The molecular formula is C20H16Cl3N5O4S. The number of nitrogens with one attached hydrogen (secondary N) is 2. The molecule has 0 unspecified atom stereocenters. The monoisotopic (exact) mass is 527 g/mol. The highest BCUT2D eigenvalue weighted by molar-refractivity contribution is 7.13. The van der Waals surface area contributed by atoms with Gasteiger partial charge in [-0.05, 0) is 29.1 Å². The predicted molar refractivity (Wildman–Crippen MR) is 130 cm³/mol. The molecule has 172 valence electrons. The molecule has 2 heterocycles. The summed E-state index contributed by atoms with van der Waals surface area (Å²) in [6.45, 7) is 0. The van der Waals surface area contributed by atoms with Gasteiger partial charge in [-0.3, -0.25) is 9.59 Å². The van der Waals surface area contributed by atoms with Gasteiger partial charge in [0.25, 0.3) is 11.8 Å². The van der Waals surface area contributed by atoms with Crippen molar-refractivity contribution in [2.24, 2.45) is 10.9 Å². The van der Waals surface area contributed by atoms with Crippen molar-refractivity contribution in [3.63, 3.8) is 0 Å². The van der Waals surface area contributed by atoms with Gasteiger partial charge in [-0.25, -0.2) is 4.98 Å². The molecule has 0 aliphatic rings. The molecular weight excluding hydrogens is 513 g/mol. The number of carbonyl (C=O) groups excluding carboxylic acids is 2. The smallest absolute Gasteiger partial charge is 0.267 e. The minimum atomic E-state index is -0.592. The van der Waals surface area contributed by atoms with E-state index in [-0.39, 0.29) is 50.0 Å². The number of amides is 2. The van der Waals surface area contributed by atoms with Crippen LogP contribution < -0.4 is 21.1 Å². The maximum absolute atomic E-state index is 13.0. The van der Waals surface area contributed by atoms with E-state index in [2.05, 4.69) is 20.8 Å². The van der Waals surface area contributed by atoms with E-state index in [1.807, 2.05) is 0 Å². The van der Waals surface area contributed by atoms with E-state index in [1.54, 1.807) is 11.4 Å². The average Bonchev–Trinajstić information content (AvgIpc) is 3.15. The van der Waals surface area contributed by atoms with Crippen molar-refractivity contribution in [2.75, 3.05) is 17.7 Å². The third-order valence-electron chi connectivity index (χ3n) is 4.25. The lowest BCUT2D eigenvalue weighted by atomic mass is 10.1. The van der Waals surface area contributed by atoms with Crippen LogP contribution in [0.1, 0.15) is 25.6 Å². The predicted octanol–water partition coefficient (Wildman–Crippen LogP) is 4.91. The Balaban J connectivity index is 1.93. The Kier molecular flexibility index (Phi) is 7.98. The highest BCUT2D eigenvalue weighted by atomic mass is 35.5. The molecule has 0 radical (unpaired) electrons. The maximum Gasteiger partial charge on any atom is 0.267 e. The first kappa shape index (κ1) is 24.6. The lowest BCUT2D eigenvalue weighted by Crippen LogP contribution is -2.19. The van der Waals surface area contributed by atoms with E-state index in [4.69, 9.17) is 50.5 Å². The summed E-state index contributed by atoms with van der Waals surface area (Å²) in [5.74, 6) is -0.832. The summed E-state index contributed by atoms with van der Waals surface area (Å²) in [4.78, 5) is 30.1. The number of nitrogens with two attached hydrogens (primary N) is 1. The van der Waals surface area contributed by atoms with Crippen LogP contribution in [0.2, 0.25) is 15.1 Å². The second-order valence-electron chi connectivity index (χ2n) is 6.47. The molecule has 13 heteroatoms. The summed E-state index contributed by atoms with van der Waals surface area (Å²) in [5.41, 5.74) is 6.15. The molecule has 33 heavy (non-hydrogen) atoms. The van der Waals surface area contributed by atoms with Crippen LogP contribution in [0, 0.1) is 0 Å². The van der Waals surface area contributed by atoms with Gasteiger partial charge in [0, 0.05) is 23.7 Å². The molecule has 0 fully saturated rings. The van der Waals surface area contributed by atoms with Crippen molar-refractivity contribution in [3.8, 4) is 5.75 Å². The molecule has 3 aromatic rings. The molecule has 9 nitrogen and oxygen atoms in total. The van der Waals surface area contributed by atoms with Gasteiger partial charge in [0.2, 0.25) is 0 Å². The molecule has 0 spiro atoms. The Morgan fingerprint density at radius 3 is 2.58 bits per heavy atom. The lowest BCUT2D eigenvalue weighted by molar-refractivity contribution is 0.102. The number of thiophene rings is 1. The standard InChI is InChI=1S/C20H16Cl3N5O4S/c1-32-13-6-11(22)5-12(19(29)26-15-3-2-10(21)7-25-15)17(13)27-20(30)18-16(23)9(8-33-18)4-14(24)28-31/h2-3,5-8,31H,4H2,1H3,(H2,24,28)(H,27,30)(H,25,26,29). The van der Waals surface area contributed by atoms with Gasteiger partial charge in [-0.15, -0.1) is 11.3 Å². The number of carbonyl (C=O) groups is 2. The number of amidine groups is 1. The Morgan fingerprint density at radius 1 is 1.18 bits per heavy atom. The van der Waals surface area contributed by atoms with E-state index >= 15 is 0 Å². The minimum absolute atomic E-state index is 0.0361. The van der Waals surface area contributed by atoms with Gasteiger partial charge in [0.05, 0.1) is 28.4 Å². The molecule has 3 rings (SSSR count). The zero-order chi connectivity index (χ0) is 24.1. The number of benzene rings is 1. The van der Waals surface area contributed by atoms with Crippen molar-refractivity contribution in [3.05, 3.63) is 66.9 Å². The highest BCUT2D eigenvalue weighted by Gasteiger charge is 2.23. The summed E-state index contributed by atoms with van der Waals surface area (Å²) < 4.78 is 5.32. The largest absolute Gasteiger partial charge is 0.494 e. The fourth-order valence-electron chi connectivity index (χ4n) is 2.74. The number of pyridine rings is 1. The zero-order valence-corrected chi connectivity index (χ0v) is 19.9. The SMILES string of the molecule is COc1cc(Cl)cc(C(=O)Nc2ccc(Cl)cn2)c1NC(=O)c1scc(C/C(N)=N/O)c1Cl. The number of rotatable bonds is 7. The molecule has 2 amide bonds. The number of anilines is 2. The van der Waals surface area contributed by atoms with E-state index in [0.29, 0.717) is 10.6 Å². The number of oxime groups is 1. The van der Waals surface area contributed by atoms with Crippen LogP contribution in [0.15, 0.2) is 41.0 Å². The summed E-state index contributed by atoms with van der Waals surface area (Å²) in [5, 5.41) is 19.3. The van der Waals surface area contributed by atoms with Crippen LogP contribution in [0.25, 0.3) is 0 Å². The number of hydrogen-bond acceptors (Lipinski definition) is 7. The fraction of sp³-hybridized carbons (Fsp3) is 0.100. The van der Waals surface area contributed by atoms with Crippen molar-refractivity contribution in [1.82, 2.24) is 4.98 Å².